The highest BCUT2D eigenvalue weighted by molar-refractivity contribution is 5.80. The third kappa shape index (κ3) is 3.88. The second-order valence-electron chi connectivity index (χ2n) is 7.43. The van der Waals surface area contributed by atoms with Crippen molar-refractivity contribution in [1.82, 2.24) is 9.80 Å². The van der Waals surface area contributed by atoms with Gasteiger partial charge in [0.2, 0.25) is 11.8 Å². The van der Waals surface area contributed by atoms with Crippen LogP contribution in [0.25, 0.3) is 0 Å². The van der Waals surface area contributed by atoms with Crippen LogP contribution in [0.15, 0.2) is 30.3 Å². The monoisotopic (exact) mass is 354 g/mol. The average molecular weight is 354 g/mol. The number of amides is 2. The third-order valence-corrected chi connectivity index (χ3v) is 5.70. The zero-order valence-electron chi connectivity index (χ0n) is 15.1. The van der Waals surface area contributed by atoms with E-state index in [1.165, 1.54) is 0 Å². The summed E-state index contributed by atoms with van der Waals surface area (Å²) in [6.45, 7) is 2.84. The van der Waals surface area contributed by atoms with E-state index in [2.05, 4.69) is 6.07 Å². The maximum Gasteiger partial charge on any atom is 0.231 e. The molecule has 0 unspecified atom stereocenters. The summed E-state index contributed by atoms with van der Waals surface area (Å²) < 4.78 is 0. The second kappa shape index (κ2) is 7.88. The Bertz CT molecular complexity index is 690. The molecule has 138 valence electrons. The van der Waals surface area contributed by atoms with Gasteiger partial charge in [-0.2, -0.15) is 5.26 Å². The fourth-order valence-electron chi connectivity index (χ4n) is 4.21. The van der Waals surface area contributed by atoms with Crippen molar-refractivity contribution in [3.8, 4) is 6.07 Å². The molecule has 0 saturated carbocycles. The Morgan fingerprint density at radius 2 is 1.88 bits per heavy atom. The van der Waals surface area contributed by atoms with Crippen molar-refractivity contribution in [2.24, 2.45) is 11.7 Å². The summed E-state index contributed by atoms with van der Waals surface area (Å²) in [5.41, 5.74) is 5.83. The Morgan fingerprint density at radius 3 is 2.50 bits per heavy atom. The number of hydrogen-bond acceptors (Lipinski definition) is 4. The molecule has 6 heteroatoms. The molecule has 26 heavy (non-hydrogen) atoms. The van der Waals surface area contributed by atoms with Crippen molar-refractivity contribution < 1.29 is 9.59 Å². The van der Waals surface area contributed by atoms with Crippen molar-refractivity contribution in [2.75, 3.05) is 32.7 Å². The molecule has 0 bridgehead atoms. The summed E-state index contributed by atoms with van der Waals surface area (Å²) in [6, 6.07) is 12.4. The average Bonchev–Trinajstić information content (AvgIpc) is 2.68. The molecule has 2 saturated heterocycles. The number of carbonyl (C=O) groups excluding carboxylic acids is 2. The molecule has 0 aromatic heterocycles. The highest BCUT2D eigenvalue weighted by atomic mass is 16.2. The molecule has 1 aromatic carbocycles. The zero-order valence-corrected chi connectivity index (χ0v) is 15.1. The third-order valence-electron chi connectivity index (χ3n) is 5.70. The SMILES string of the molecule is N#CC1(c2ccccc2)CCN(C(=O)[C@@H]2CCCN(CC(N)=O)C2)CC1. The number of carbonyl (C=O) groups is 2. The fraction of sp³-hybridized carbons (Fsp3) is 0.550. The molecule has 2 amide bonds. The second-order valence-corrected chi connectivity index (χ2v) is 7.43. The van der Waals surface area contributed by atoms with E-state index in [0.717, 1.165) is 24.9 Å². The number of piperidine rings is 2. The summed E-state index contributed by atoms with van der Waals surface area (Å²) in [5, 5.41) is 9.78. The Kier molecular flexibility index (Phi) is 5.58. The molecule has 2 heterocycles. The van der Waals surface area contributed by atoms with Gasteiger partial charge in [-0.25, -0.2) is 0 Å². The summed E-state index contributed by atoms with van der Waals surface area (Å²) in [7, 11) is 0. The molecule has 2 aliphatic heterocycles. The lowest BCUT2D eigenvalue weighted by molar-refractivity contribution is -0.139. The van der Waals surface area contributed by atoms with Crippen molar-refractivity contribution >= 4 is 11.8 Å². The van der Waals surface area contributed by atoms with Crippen LogP contribution in [-0.2, 0) is 15.0 Å². The smallest absolute Gasteiger partial charge is 0.231 e. The van der Waals surface area contributed by atoms with Crippen molar-refractivity contribution in [1.29, 1.82) is 5.26 Å². The van der Waals surface area contributed by atoms with E-state index in [4.69, 9.17) is 5.73 Å². The first-order chi connectivity index (χ1) is 12.5. The highest BCUT2D eigenvalue weighted by Gasteiger charge is 2.39. The number of nitrogens with two attached hydrogens (primary N) is 1. The van der Waals surface area contributed by atoms with Gasteiger partial charge in [-0.05, 0) is 37.8 Å². The van der Waals surface area contributed by atoms with E-state index >= 15 is 0 Å². The first-order valence-corrected chi connectivity index (χ1v) is 9.30. The van der Waals surface area contributed by atoms with Crippen molar-refractivity contribution in [2.45, 2.75) is 31.1 Å². The van der Waals surface area contributed by atoms with E-state index in [1.807, 2.05) is 40.1 Å². The molecule has 0 radical (unpaired) electrons. The van der Waals surface area contributed by atoms with E-state index in [1.54, 1.807) is 0 Å². The molecule has 0 spiro atoms. The first-order valence-electron chi connectivity index (χ1n) is 9.30. The normalized spacial score (nSPS) is 23.2. The predicted molar refractivity (Wildman–Crippen MR) is 97.9 cm³/mol. The molecule has 2 N–H and O–H groups in total. The van der Waals surface area contributed by atoms with E-state index in [-0.39, 0.29) is 24.3 Å². The van der Waals surface area contributed by atoms with Crippen LogP contribution in [0.2, 0.25) is 0 Å². The number of rotatable bonds is 4. The van der Waals surface area contributed by atoms with Gasteiger partial charge in [-0.1, -0.05) is 30.3 Å². The molecule has 2 aliphatic rings. The van der Waals surface area contributed by atoms with Crippen molar-refractivity contribution in [3.63, 3.8) is 0 Å². The van der Waals surface area contributed by atoms with Gasteiger partial charge in [0.1, 0.15) is 0 Å². The van der Waals surface area contributed by atoms with Crippen LogP contribution in [0.4, 0.5) is 0 Å². The van der Waals surface area contributed by atoms with Gasteiger partial charge in [0.15, 0.2) is 0 Å². The topological polar surface area (TPSA) is 90.4 Å². The summed E-state index contributed by atoms with van der Waals surface area (Å²) in [5.74, 6) is -0.272. The quantitative estimate of drug-likeness (QED) is 0.881. The minimum Gasteiger partial charge on any atom is -0.369 e. The van der Waals surface area contributed by atoms with E-state index < -0.39 is 5.41 Å². The number of nitrogens with zero attached hydrogens (tertiary/aromatic N) is 3. The van der Waals surface area contributed by atoms with Crippen LogP contribution in [0, 0.1) is 17.2 Å². The maximum atomic E-state index is 12.9. The Balaban J connectivity index is 1.61. The number of primary amides is 1. The molecule has 3 rings (SSSR count). The van der Waals surface area contributed by atoms with Gasteiger partial charge in [0, 0.05) is 19.6 Å². The van der Waals surface area contributed by atoms with Crippen LogP contribution in [0.1, 0.15) is 31.2 Å². The Labute approximate surface area is 154 Å². The van der Waals surface area contributed by atoms with Gasteiger partial charge in [-0.15, -0.1) is 0 Å². The van der Waals surface area contributed by atoms with Crippen LogP contribution >= 0.6 is 0 Å². The molecular formula is C20H26N4O2. The molecule has 1 atom stereocenters. The molecule has 0 aliphatic carbocycles. The Hall–Kier alpha value is -2.39. The lowest BCUT2D eigenvalue weighted by Gasteiger charge is -2.40. The van der Waals surface area contributed by atoms with E-state index in [0.29, 0.717) is 32.5 Å². The minimum absolute atomic E-state index is 0.0746. The van der Waals surface area contributed by atoms with Crippen LogP contribution in [0.5, 0.6) is 0 Å². The standard InChI is InChI=1S/C20H26N4O2/c21-15-20(17-6-2-1-3-7-17)8-11-24(12-9-20)19(26)16-5-4-10-23(13-16)14-18(22)25/h1-3,6-7,16H,4-5,8-14H2,(H2,22,25)/t16-/m1/s1. The highest BCUT2D eigenvalue weighted by Crippen LogP contribution is 2.35. The molecular weight excluding hydrogens is 328 g/mol. The van der Waals surface area contributed by atoms with Crippen LogP contribution < -0.4 is 5.73 Å². The summed E-state index contributed by atoms with van der Waals surface area (Å²) >= 11 is 0. The molecule has 2 fully saturated rings. The minimum atomic E-state index is -0.497. The van der Waals surface area contributed by atoms with Crippen LogP contribution in [0.3, 0.4) is 0 Å². The summed E-state index contributed by atoms with van der Waals surface area (Å²) in [6.07, 6.45) is 3.09. The van der Waals surface area contributed by atoms with Gasteiger partial charge >= 0.3 is 0 Å². The van der Waals surface area contributed by atoms with E-state index in [9.17, 15) is 14.9 Å². The van der Waals surface area contributed by atoms with Gasteiger partial charge < -0.3 is 10.6 Å². The van der Waals surface area contributed by atoms with Gasteiger partial charge in [-0.3, -0.25) is 14.5 Å². The largest absolute Gasteiger partial charge is 0.369 e. The Morgan fingerprint density at radius 1 is 1.19 bits per heavy atom. The predicted octanol–water partition coefficient (Wildman–Crippen LogP) is 1.27. The van der Waals surface area contributed by atoms with Crippen LogP contribution in [-0.4, -0.2) is 54.3 Å². The molecule has 1 aromatic rings. The number of likely N-dealkylation sites (tertiary alicyclic amines) is 2. The number of hydrogen-bond donors (Lipinski definition) is 1. The first kappa shape index (κ1) is 18.4. The zero-order chi connectivity index (χ0) is 18.6. The summed E-state index contributed by atoms with van der Waals surface area (Å²) in [4.78, 5) is 27.9. The molecule has 6 nitrogen and oxygen atoms in total. The lowest BCUT2D eigenvalue weighted by Crippen LogP contribution is -2.50. The number of benzene rings is 1. The number of nitriles is 1. The maximum absolute atomic E-state index is 12.9. The van der Waals surface area contributed by atoms with Crippen molar-refractivity contribution in [3.05, 3.63) is 35.9 Å². The van der Waals surface area contributed by atoms with Gasteiger partial charge in [0.05, 0.1) is 23.9 Å². The van der Waals surface area contributed by atoms with Gasteiger partial charge in [0.25, 0.3) is 0 Å². The lowest BCUT2D eigenvalue weighted by atomic mass is 9.74. The fourth-order valence-corrected chi connectivity index (χ4v) is 4.21.